The van der Waals surface area contributed by atoms with Crippen LogP contribution in [0.4, 0.5) is 0 Å². The molecule has 0 aliphatic heterocycles. The molecule has 78 valence electrons. The zero-order valence-corrected chi connectivity index (χ0v) is 9.26. The van der Waals surface area contributed by atoms with E-state index in [2.05, 4.69) is 35.6 Å². The molecule has 1 N–H and O–H groups in total. The van der Waals surface area contributed by atoms with Crippen molar-refractivity contribution in [1.29, 1.82) is 0 Å². The number of hydrogen-bond acceptors (Lipinski definition) is 1. The van der Waals surface area contributed by atoms with Gasteiger partial charge in [-0.2, -0.15) is 0 Å². The third kappa shape index (κ3) is 5.25. The number of alkyl halides is 1. The molecule has 0 atom stereocenters. The van der Waals surface area contributed by atoms with Gasteiger partial charge < -0.3 is 5.32 Å². The molecule has 0 amide bonds. The molecule has 1 nitrogen and oxygen atoms in total. The summed E-state index contributed by atoms with van der Waals surface area (Å²) in [6.45, 7) is 2.01. The van der Waals surface area contributed by atoms with E-state index >= 15 is 0 Å². The van der Waals surface area contributed by atoms with E-state index in [0.29, 0.717) is 5.88 Å². The van der Waals surface area contributed by atoms with Gasteiger partial charge in [0.05, 0.1) is 0 Å². The number of halogens is 1. The maximum absolute atomic E-state index is 5.55. The maximum Gasteiger partial charge on any atom is 0.0348 e. The lowest BCUT2D eigenvalue weighted by Crippen LogP contribution is -2.17. The molecule has 14 heavy (non-hydrogen) atoms. The van der Waals surface area contributed by atoms with Crippen LogP contribution in [0.1, 0.15) is 18.4 Å². The van der Waals surface area contributed by atoms with Crippen LogP contribution in [0.3, 0.4) is 0 Å². The zero-order valence-electron chi connectivity index (χ0n) is 8.51. The van der Waals surface area contributed by atoms with E-state index in [1.807, 2.05) is 0 Å². The van der Waals surface area contributed by atoms with Gasteiger partial charge in [0, 0.05) is 12.4 Å². The Labute approximate surface area is 91.5 Å². The van der Waals surface area contributed by atoms with Crippen molar-refractivity contribution in [1.82, 2.24) is 5.32 Å². The first-order chi connectivity index (χ1) is 6.93. The zero-order chi connectivity index (χ0) is 10.1. The molecule has 0 aliphatic rings. The lowest BCUT2D eigenvalue weighted by Gasteiger charge is -2.02. The van der Waals surface area contributed by atoms with Crippen molar-refractivity contribution in [2.24, 2.45) is 0 Å². The molecule has 0 saturated heterocycles. The highest BCUT2D eigenvalue weighted by Crippen LogP contribution is 2.03. The Morgan fingerprint density at radius 2 is 1.79 bits per heavy atom. The van der Waals surface area contributed by atoms with Gasteiger partial charge in [-0.25, -0.2) is 0 Å². The Morgan fingerprint density at radius 1 is 1.00 bits per heavy atom. The van der Waals surface area contributed by atoms with E-state index in [4.69, 9.17) is 11.6 Å². The van der Waals surface area contributed by atoms with Crippen LogP contribution in [-0.4, -0.2) is 19.0 Å². The van der Waals surface area contributed by atoms with Crippen molar-refractivity contribution >= 4 is 11.6 Å². The number of hydrogen-bond donors (Lipinski definition) is 1. The molecule has 1 aromatic rings. The smallest absolute Gasteiger partial charge is 0.0348 e. The van der Waals surface area contributed by atoms with Gasteiger partial charge in [0.1, 0.15) is 0 Å². The van der Waals surface area contributed by atoms with Gasteiger partial charge in [0.2, 0.25) is 0 Å². The molecule has 0 saturated carbocycles. The van der Waals surface area contributed by atoms with Crippen LogP contribution >= 0.6 is 11.6 Å². The van der Waals surface area contributed by atoms with Gasteiger partial charge in [-0.15, -0.1) is 11.6 Å². The van der Waals surface area contributed by atoms with Gasteiger partial charge >= 0.3 is 0 Å². The summed E-state index contributed by atoms with van der Waals surface area (Å²) in [6, 6.07) is 10.6. The summed E-state index contributed by atoms with van der Waals surface area (Å²) < 4.78 is 0. The molecule has 1 aromatic carbocycles. The molecule has 0 unspecified atom stereocenters. The molecule has 0 heterocycles. The highest BCUT2D eigenvalue weighted by molar-refractivity contribution is 6.18. The Kier molecular flexibility index (Phi) is 6.46. The van der Waals surface area contributed by atoms with Gasteiger partial charge in [-0.05, 0) is 31.4 Å². The van der Waals surface area contributed by atoms with Crippen molar-refractivity contribution in [2.45, 2.75) is 19.3 Å². The molecule has 0 spiro atoms. The second-order valence-corrected chi connectivity index (χ2v) is 3.76. The second kappa shape index (κ2) is 7.84. The molecule has 0 aliphatic carbocycles. The predicted molar refractivity (Wildman–Crippen MR) is 63.0 cm³/mol. The predicted octanol–water partition coefficient (Wildman–Crippen LogP) is 2.84. The topological polar surface area (TPSA) is 12.0 Å². The quantitative estimate of drug-likeness (QED) is 0.540. The first-order valence-electron chi connectivity index (χ1n) is 5.24. The lowest BCUT2D eigenvalue weighted by atomic mass is 10.1. The number of unbranched alkanes of at least 4 members (excludes halogenated alkanes) is 1. The Balaban J connectivity index is 1.99. The summed E-state index contributed by atoms with van der Waals surface area (Å²) in [5.41, 5.74) is 1.44. The van der Waals surface area contributed by atoms with Crippen LogP contribution in [-0.2, 0) is 6.42 Å². The SMILES string of the molecule is ClCCNCCCCc1ccccc1. The van der Waals surface area contributed by atoms with Crippen molar-refractivity contribution in [3.05, 3.63) is 35.9 Å². The minimum atomic E-state index is 0.707. The fourth-order valence-electron chi connectivity index (χ4n) is 1.42. The maximum atomic E-state index is 5.55. The molecule has 0 bridgehead atoms. The van der Waals surface area contributed by atoms with Crippen LogP contribution in [0, 0.1) is 0 Å². The van der Waals surface area contributed by atoms with Crippen LogP contribution in [0.25, 0.3) is 0 Å². The number of rotatable bonds is 7. The number of benzene rings is 1. The van der Waals surface area contributed by atoms with Crippen molar-refractivity contribution in [2.75, 3.05) is 19.0 Å². The number of aryl methyl sites for hydroxylation is 1. The molecular weight excluding hydrogens is 194 g/mol. The lowest BCUT2D eigenvalue weighted by molar-refractivity contribution is 0.642. The van der Waals surface area contributed by atoms with Crippen LogP contribution in [0.5, 0.6) is 0 Å². The molecule has 0 aromatic heterocycles. The van der Waals surface area contributed by atoms with Crippen molar-refractivity contribution in [3.63, 3.8) is 0 Å². The average molecular weight is 212 g/mol. The summed E-state index contributed by atoms with van der Waals surface area (Å²) in [5.74, 6) is 0.707. The van der Waals surface area contributed by atoms with Crippen LogP contribution in [0.15, 0.2) is 30.3 Å². The molecular formula is C12H18ClN. The Morgan fingerprint density at radius 3 is 2.50 bits per heavy atom. The van der Waals surface area contributed by atoms with E-state index in [1.54, 1.807) is 0 Å². The third-order valence-corrected chi connectivity index (χ3v) is 2.37. The van der Waals surface area contributed by atoms with Crippen LogP contribution in [0.2, 0.25) is 0 Å². The van der Waals surface area contributed by atoms with Crippen molar-refractivity contribution < 1.29 is 0 Å². The van der Waals surface area contributed by atoms with Gasteiger partial charge in [-0.3, -0.25) is 0 Å². The summed E-state index contributed by atoms with van der Waals surface area (Å²) in [4.78, 5) is 0. The minimum Gasteiger partial charge on any atom is -0.316 e. The normalized spacial score (nSPS) is 10.4. The van der Waals surface area contributed by atoms with E-state index in [1.165, 1.54) is 24.8 Å². The largest absolute Gasteiger partial charge is 0.316 e. The van der Waals surface area contributed by atoms with E-state index in [9.17, 15) is 0 Å². The monoisotopic (exact) mass is 211 g/mol. The van der Waals surface area contributed by atoms with Crippen molar-refractivity contribution in [3.8, 4) is 0 Å². The van der Waals surface area contributed by atoms with Gasteiger partial charge in [-0.1, -0.05) is 30.3 Å². The van der Waals surface area contributed by atoms with Crippen LogP contribution < -0.4 is 5.32 Å². The second-order valence-electron chi connectivity index (χ2n) is 3.38. The summed E-state index contributed by atoms with van der Waals surface area (Å²) in [6.07, 6.45) is 3.66. The fourth-order valence-corrected chi connectivity index (χ4v) is 1.55. The van der Waals surface area contributed by atoms with Gasteiger partial charge in [0.15, 0.2) is 0 Å². The summed E-state index contributed by atoms with van der Waals surface area (Å²) in [7, 11) is 0. The fraction of sp³-hybridized carbons (Fsp3) is 0.500. The third-order valence-electron chi connectivity index (χ3n) is 2.18. The molecule has 2 heteroatoms. The molecule has 1 rings (SSSR count). The van der Waals surface area contributed by atoms with Gasteiger partial charge in [0.25, 0.3) is 0 Å². The average Bonchev–Trinajstić information content (AvgIpc) is 2.25. The summed E-state index contributed by atoms with van der Waals surface area (Å²) in [5, 5.41) is 3.29. The van der Waals surface area contributed by atoms with E-state index < -0.39 is 0 Å². The first kappa shape index (κ1) is 11.5. The summed E-state index contributed by atoms with van der Waals surface area (Å²) >= 11 is 5.55. The number of nitrogens with one attached hydrogen (secondary N) is 1. The first-order valence-corrected chi connectivity index (χ1v) is 5.77. The highest BCUT2D eigenvalue weighted by Gasteiger charge is 1.91. The standard InChI is InChI=1S/C12H18ClN/c13-9-11-14-10-5-4-8-12-6-2-1-3-7-12/h1-3,6-7,14H,4-5,8-11H2. The highest BCUT2D eigenvalue weighted by atomic mass is 35.5. The molecule has 0 radical (unpaired) electrons. The molecule has 0 fully saturated rings. The van der Waals surface area contributed by atoms with E-state index in [0.717, 1.165) is 13.1 Å². The minimum absolute atomic E-state index is 0.707. The Hall–Kier alpha value is -0.530. The van der Waals surface area contributed by atoms with E-state index in [-0.39, 0.29) is 0 Å². The Bertz CT molecular complexity index is 223.